The van der Waals surface area contributed by atoms with E-state index in [0.717, 1.165) is 22.4 Å². The molecule has 170 valence electrons. The minimum absolute atomic E-state index is 0.0356. The molecule has 3 N–H and O–H groups in total. The molecule has 0 aromatic heterocycles. The number of nitrogens with zero attached hydrogens (tertiary/aromatic N) is 1. The van der Waals surface area contributed by atoms with Crippen LogP contribution in [0.2, 0.25) is 0 Å². The summed E-state index contributed by atoms with van der Waals surface area (Å²) < 4.78 is 0. The molecule has 4 aromatic carbocycles. The van der Waals surface area contributed by atoms with Crippen molar-refractivity contribution in [3.8, 4) is 5.75 Å². The zero-order chi connectivity index (χ0) is 24.1. The maximum Gasteiger partial charge on any atom is 0.270 e. The summed E-state index contributed by atoms with van der Waals surface area (Å²) in [6.45, 7) is -0.351. The van der Waals surface area contributed by atoms with Gasteiger partial charge in [0.1, 0.15) is 5.75 Å². The van der Waals surface area contributed by atoms with E-state index in [2.05, 4.69) is 10.6 Å². The van der Waals surface area contributed by atoms with E-state index in [0.29, 0.717) is 5.56 Å². The van der Waals surface area contributed by atoms with Crippen molar-refractivity contribution in [1.29, 1.82) is 0 Å². The van der Waals surface area contributed by atoms with Gasteiger partial charge in [-0.1, -0.05) is 66.7 Å². The number of carbonyl (C=O) groups excluding carboxylic acids is 2. The zero-order valence-corrected chi connectivity index (χ0v) is 18.0. The fraction of sp³-hybridized carbons (Fsp3) is 0.0769. The number of non-ortho nitro benzene ring substituents is 1. The minimum Gasteiger partial charge on any atom is -0.508 e. The van der Waals surface area contributed by atoms with Crippen molar-refractivity contribution < 1.29 is 19.6 Å². The van der Waals surface area contributed by atoms with E-state index in [1.807, 2.05) is 54.6 Å². The van der Waals surface area contributed by atoms with Crippen LogP contribution in [-0.2, 0) is 4.79 Å². The molecule has 8 heteroatoms. The van der Waals surface area contributed by atoms with Crippen LogP contribution in [0.4, 0.5) is 5.69 Å². The summed E-state index contributed by atoms with van der Waals surface area (Å²) in [6.07, 6.45) is 0. The number of nitro benzene ring substituents is 1. The van der Waals surface area contributed by atoms with Gasteiger partial charge in [0.2, 0.25) is 5.91 Å². The number of fused-ring (bicyclic) bond motifs is 1. The Hall–Kier alpha value is -4.72. The molecule has 0 aliphatic heterocycles. The predicted octanol–water partition coefficient (Wildman–Crippen LogP) is 4.09. The Balaban J connectivity index is 1.57. The van der Waals surface area contributed by atoms with Crippen LogP contribution in [0.3, 0.4) is 0 Å². The Morgan fingerprint density at radius 2 is 1.65 bits per heavy atom. The van der Waals surface area contributed by atoms with Gasteiger partial charge in [-0.05, 0) is 28.5 Å². The highest BCUT2D eigenvalue weighted by molar-refractivity contribution is 5.97. The third-order valence-electron chi connectivity index (χ3n) is 5.40. The van der Waals surface area contributed by atoms with Gasteiger partial charge in [0, 0.05) is 23.3 Å². The van der Waals surface area contributed by atoms with Crippen LogP contribution in [0.1, 0.15) is 27.5 Å². The molecule has 8 nitrogen and oxygen atoms in total. The number of phenolic OH excluding ortho intramolecular Hbond substituents is 1. The molecule has 0 saturated carbocycles. The lowest BCUT2D eigenvalue weighted by molar-refractivity contribution is -0.384. The molecule has 0 saturated heterocycles. The lowest BCUT2D eigenvalue weighted by Crippen LogP contribution is -2.39. The normalized spacial score (nSPS) is 11.5. The Labute approximate surface area is 195 Å². The molecular formula is C26H21N3O5. The molecule has 0 radical (unpaired) electrons. The first-order valence-corrected chi connectivity index (χ1v) is 10.5. The van der Waals surface area contributed by atoms with Crippen molar-refractivity contribution in [3.05, 3.63) is 118 Å². The van der Waals surface area contributed by atoms with Gasteiger partial charge in [-0.25, -0.2) is 0 Å². The molecule has 0 fully saturated rings. The molecule has 0 spiro atoms. The summed E-state index contributed by atoms with van der Waals surface area (Å²) in [7, 11) is 0. The van der Waals surface area contributed by atoms with Gasteiger partial charge < -0.3 is 15.7 Å². The largest absolute Gasteiger partial charge is 0.508 e. The Morgan fingerprint density at radius 3 is 2.41 bits per heavy atom. The quantitative estimate of drug-likeness (QED) is 0.286. The molecule has 0 heterocycles. The van der Waals surface area contributed by atoms with Gasteiger partial charge >= 0.3 is 0 Å². The third-order valence-corrected chi connectivity index (χ3v) is 5.40. The maximum atomic E-state index is 12.8. The number of phenols is 1. The molecule has 4 aromatic rings. The second-order valence-electron chi connectivity index (χ2n) is 7.62. The molecule has 4 rings (SSSR count). The van der Waals surface area contributed by atoms with Crippen LogP contribution >= 0.6 is 0 Å². The number of nitro groups is 1. The molecule has 2 amide bonds. The van der Waals surface area contributed by atoms with E-state index in [-0.39, 0.29) is 23.5 Å². The summed E-state index contributed by atoms with van der Waals surface area (Å²) in [5.74, 6) is -1.06. The van der Waals surface area contributed by atoms with E-state index in [1.165, 1.54) is 18.2 Å². The second kappa shape index (κ2) is 9.83. The van der Waals surface area contributed by atoms with E-state index >= 15 is 0 Å². The average molecular weight is 455 g/mol. The Morgan fingerprint density at radius 1 is 0.912 bits per heavy atom. The van der Waals surface area contributed by atoms with Crippen LogP contribution in [0.15, 0.2) is 91.0 Å². The number of amides is 2. The summed E-state index contributed by atoms with van der Waals surface area (Å²) in [5, 5.41) is 28.7. The highest BCUT2D eigenvalue weighted by Crippen LogP contribution is 2.35. The monoisotopic (exact) mass is 455 g/mol. The standard InChI is InChI=1S/C26H21N3O5/c30-22-14-13-17-7-4-5-12-21(17)24(22)25(18-8-2-1-3-9-18)28-23(31)16-27-26(32)19-10-6-11-20(15-19)29(33)34/h1-15,25,30H,16H2,(H,27,32)(H,28,31). The summed E-state index contributed by atoms with van der Waals surface area (Å²) in [6, 6.07) is 24.7. The Kier molecular flexibility index (Phi) is 6.49. The smallest absolute Gasteiger partial charge is 0.270 e. The molecule has 0 aliphatic rings. The number of nitrogens with one attached hydrogen (secondary N) is 2. The molecular weight excluding hydrogens is 434 g/mol. The van der Waals surface area contributed by atoms with Crippen molar-refractivity contribution >= 4 is 28.3 Å². The van der Waals surface area contributed by atoms with Crippen molar-refractivity contribution in [1.82, 2.24) is 10.6 Å². The number of hydrogen-bond donors (Lipinski definition) is 3. The lowest BCUT2D eigenvalue weighted by atomic mass is 9.92. The third kappa shape index (κ3) is 4.86. The zero-order valence-electron chi connectivity index (χ0n) is 18.0. The lowest BCUT2D eigenvalue weighted by Gasteiger charge is -2.23. The number of aromatic hydroxyl groups is 1. The van der Waals surface area contributed by atoms with Crippen LogP contribution in [-0.4, -0.2) is 28.4 Å². The van der Waals surface area contributed by atoms with E-state index < -0.39 is 22.8 Å². The number of rotatable bonds is 7. The summed E-state index contributed by atoms with van der Waals surface area (Å²) >= 11 is 0. The first-order chi connectivity index (χ1) is 16.4. The molecule has 1 atom stereocenters. The molecule has 34 heavy (non-hydrogen) atoms. The van der Waals surface area contributed by atoms with Crippen LogP contribution in [0.5, 0.6) is 5.75 Å². The molecule has 0 bridgehead atoms. The van der Waals surface area contributed by atoms with Crippen molar-refractivity contribution in [2.75, 3.05) is 6.54 Å². The molecule has 1 unspecified atom stereocenters. The predicted molar refractivity (Wildman–Crippen MR) is 127 cm³/mol. The van der Waals surface area contributed by atoms with Gasteiger partial charge in [-0.2, -0.15) is 0 Å². The SMILES string of the molecule is O=C(CNC(=O)c1cccc([N+](=O)[O-])c1)NC(c1ccccc1)c1c(O)ccc2ccccc12. The van der Waals surface area contributed by atoms with E-state index in [4.69, 9.17) is 0 Å². The Bertz CT molecular complexity index is 1370. The van der Waals surface area contributed by atoms with Crippen LogP contribution < -0.4 is 10.6 Å². The highest BCUT2D eigenvalue weighted by Gasteiger charge is 2.23. The van der Waals surface area contributed by atoms with Crippen molar-refractivity contribution in [2.45, 2.75) is 6.04 Å². The van der Waals surface area contributed by atoms with Crippen molar-refractivity contribution in [2.24, 2.45) is 0 Å². The summed E-state index contributed by atoms with van der Waals surface area (Å²) in [5.41, 5.74) is 1.16. The first kappa shape index (κ1) is 22.5. The van der Waals surface area contributed by atoms with Gasteiger partial charge in [0.15, 0.2) is 0 Å². The number of hydrogen-bond acceptors (Lipinski definition) is 5. The van der Waals surface area contributed by atoms with Gasteiger partial charge in [0.05, 0.1) is 17.5 Å². The highest BCUT2D eigenvalue weighted by atomic mass is 16.6. The van der Waals surface area contributed by atoms with Crippen molar-refractivity contribution in [3.63, 3.8) is 0 Å². The topological polar surface area (TPSA) is 122 Å². The van der Waals surface area contributed by atoms with E-state index in [9.17, 15) is 24.8 Å². The van der Waals surface area contributed by atoms with Gasteiger partial charge in [0.25, 0.3) is 11.6 Å². The summed E-state index contributed by atoms with van der Waals surface area (Å²) in [4.78, 5) is 35.6. The first-order valence-electron chi connectivity index (χ1n) is 10.5. The van der Waals surface area contributed by atoms with Gasteiger partial charge in [-0.3, -0.25) is 19.7 Å². The van der Waals surface area contributed by atoms with Gasteiger partial charge in [-0.15, -0.1) is 0 Å². The fourth-order valence-electron chi connectivity index (χ4n) is 3.79. The second-order valence-corrected chi connectivity index (χ2v) is 7.62. The number of carbonyl (C=O) groups is 2. The minimum atomic E-state index is -0.672. The van der Waals surface area contributed by atoms with Crippen LogP contribution in [0, 0.1) is 10.1 Å². The fourth-order valence-corrected chi connectivity index (χ4v) is 3.79. The average Bonchev–Trinajstić information content (AvgIpc) is 2.86. The van der Waals surface area contributed by atoms with Crippen LogP contribution in [0.25, 0.3) is 10.8 Å². The maximum absolute atomic E-state index is 12.8. The van der Waals surface area contributed by atoms with E-state index in [1.54, 1.807) is 12.1 Å². The molecule has 0 aliphatic carbocycles. The number of benzene rings is 4.